The first kappa shape index (κ1) is 16.3. The quantitative estimate of drug-likeness (QED) is 0.869. The van der Waals surface area contributed by atoms with Crippen molar-refractivity contribution in [1.82, 2.24) is 9.62 Å². The zero-order valence-corrected chi connectivity index (χ0v) is 13.5. The summed E-state index contributed by atoms with van der Waals surface area (Å²) in [6.07, 6.45) is 3.00. The minimum Gasteiger partial charge on any atom is -0.497 e. The lowest BCUT2D eigenvalue weighted by Crippen LogP contribution is -2.38. The van der Waals surface area contributed by atoms with Crippen LogP contribution in [0.1, 0.15) is 19.3 Å². The van der Waals surface area contributed by atoms with Crippen LogP contribution in [0.15, 0.2) is 29.2 Å². The van der Waals surface area contributed by atoms with Gasteiger partial charge in [0.15, 0.2) is 0 Å². The van der Waals surface area contributed by atoms with Crippen molar-refractivity contribution in [2.24, 2.45) is 5.92 Å². The molecule has 1 fully saturated rings. The summed E-state index contributed by atoms with van der Waals surface area (Å²) in [6, 6.07) is 6.60. The molecule has 1 aliphatic heterocycles. The highest BCUT2D eigenvalue weighted by molar-refractivity contribution is 7.89. The average molecular weight is 312 g/mol. The topological polar surface area (TPSA) is 58.6 Å². The van der Waals surface area contributed by atoms with E-state index < -0.39 is 10.0 Å². The summed E-state index contributed by atoms with van der Waals surface area (Å²) in [7, 11) is 0.148. The molecule has 0 atom stereocenters. The lowest BCUT2D eigenvalue weighted by molar-refractivity contribution is 0.263. The number of sulfonamides is 1. The number of nitrogens with one attached hydrogen (secondary N) is 1. The van der Waals surface area contributed by atoms with Crippen molar-refractivity contribution in [3.8, 4) is 5.75 Å². The van der Waals surface area contributed by atoms with E-state index in [9.17, 15) is 8.42 Å². The van der Waals surface area contributed by atoms with E-state index in [1.165, 1.54) is 0 Å². The van der Waals surface area contributed by atoms with E-state index in [0.717, 1.165) is 25.8 Å². The molecule has 21 heavy (non-hydrogen) atoms. The van der Waals surface area contributed by atoms with Crippen molar-refractivity contribution >= 4 is 10.0 Å². The van der Waals surface area contributed by atoms with Gasteiger partial charge in [0.05, 0.1) is 12.0 Å². The summed E-state index contributed by atoms with van der Waals surface area (Å²) in [6.45, 7) is 2.22. The van der Waals surface area contributed by atoms with Crippen LogP contribution in [0.3, 0.4) is 0 Å². The van der Waals surface area contributed by atoms with Crippen molar-refractivity contribution in [1.29, 1.82) is 0 Å². The number of piperidine rings is 1. The molecule has 1 N–H and O–H groups in total. The Morgan fingerprint density at radius 1 is 1.24 bits per heavy atom. The molecule has 0 amide bonds. The van der Waals surface area contributed by atoms with Crippen LogP contribution >= 0.6 is 0 Å². The second-order valence-corrected chi connectivity index (χ2v) is 7.35. The van der Waals surface area contributed by atoms with E-state index >= 15 is 0 Å². The third-order valence-corrected chi connectivity index (χ3v) is 5.99. The predicted octanol–water partition coefficient (Wildman–Crippen LogP) is 1.71. The van der Waals surface area contributed by atoms with Crippen LogP contribution in [0, 0.1) is 5.92 Å². The van der Waals surface area contributed by atoms with Gasteiger partial charge in [-0.3, -0.25) is 0 Å². The van der Waals surface area contributed by atoms with Crippen LogP contribution in [-0.2, 0) is 10.0 Å². The van der Waals surface area contributed by atoms with Gasteiger partial charge in [-0.15, -0.1) is 0 Å². The van der Waals surface area contributed by atoms with Crippen molar-refractivity contribution < 1.29 is 13.2 Å². The summed E-state index contributed by atoms with van der Waals surface area (Å²) in [5, 5.41) is 3.15. The number of hydrogen-bond donors (Lipinski definition) is 1. The van der Waals surface area contributed by atoms with Crippen LogP contribution in [0.5, 0.6) is 5.75 Å². The summed E-state index contributed by atoms with van der Waals surface area (Å²) in [5.41, 5.74) is 0. The van der Waals surface area contributed by atoms with Crippen LogP contribution in [-0.4, -0.2) is 46.5 Å². The molecule has 0 saturated carbocycles. The highest BCUT2D eigenvalue weighted by atomic mass is 32.2. The molecule has 1 aromatic carbocycles. The first-order valence-corrected chi connectivity index (χ1v) is 8.80. The molecule has 5 nitrogen and oxygen atoms in total. The lowest BCUT2D eigenvalue weighted by atomic mass is 9.95. The van der Waals surface area contributed by atoms with Crippen molar-refractivity contribution in [3.05, 3.63) is 24.3 Å². The van der Waals surface area contributed by atoms with Crippen LogP contribution in [0.4, 0.5) is 0 Å². The van der Waals surface area contributed by atoms with E-state index in [1.807, 2.05) is 7.05 Å². The Bertz CT molecular complexity index is 535. The Kier molecular flexibility index (Phi) is 5.61. The molecule has 1 aliphatic rings. The van der Waals surface area contributed by atoms with E-state index in [4.69, 9.17) is 4.74 Å². The fraction of sp³-hybridized carbons (Fsp3) is 0.600. The van der Waals surface area contributed by atoms with Gasteiger partial charge in [-0.25, -0.2) is 8.42 Å². The third kappa shape index (κ3) is 3.96. The number of ether oxygens (including phenoxy) is 1. The molecular formula is C15H24N2O3S. The van der Waals surface area contributed by atoms with Gasteiger partial charge in [0.25, 0.3) is 0 Å². The molecule has 0 aliphatic carbocycles. The smallest absolute Gasteiger partial charge is 0.243 e. The van der Waals surface area contributed by atoms with E-state index in [1.54, 1.807) is 35.7 Å². The molecule has 0 aromatic heterocycles. The van der Waals surface area contributed by atoms with Gasteiger partial charge in [0.1, 0.15) is 5.75 Å². The summed E-state index contributed by atoms with van der Waals surface area (Å²) in [5.74, 6) is 1.29. The van der Waals surface area contributed by atoms with Gasteiger partial charge in [0.2, 0.25) is 10.0 Å². The second kappa shape index (κ2) is 7.24. The number of benzene rings is 1. The Balaban J connectivity index is 2.00. The van der Waals surface area contributed by atoms with Crippen molar-refractivity contribution in [2.75, 3.05) is 33.8 Å². The van der Waals surface area contributed by atoms with E-state index in [0.29, 0.717) is 29.7 Å². The maximum absolute atomic E-state index is 12.6. The van der Waals surface area contributed by atoms with E-state index in [2.05, 4.69) is 5.32 Å². The first-order valence-electron chi connectivity index (χ1n) is 7.36. The molecule has 0 unspecified atom stereocenters. The predicted molar refractivity (Wildman–Crippen MR) is 83.0 cm³/mol. The van der Waals surface area contributed by atoms with Gasteiger partial charge >= 0.3 is 0 Å². The number of methoxy groups -OCH3 is 1. The van der Waals surface area contributed by atoms with Crippen molar-refractivity contribution in [3.63, 3.8) is 0 Å². The minimum absolute atomic E-state index is 0.344. The molecule has 0 bridgehead atoms. The van der Waals surface area contributed by atoms with Gasteiger partial charge < -0.3 is 10.1 Å². The zero-order valence-electron chi connectivity index (χ0n) is 12.7. The normalized spacial score (nSPS) is 17.8. The Labute approximate surface area is 127 Å². The molecule has 118 valence electrons. The fourth-order valence-electron chi connectivity index (χ4n) is 2.68. The Morgan fingerprint density at radius 2 is 1.86 bits per heavy atom. The lowest BCUT2D eigenvalue weighted by Gasteiger charge is -2.31. The van der Waals surface area contributed by atoms with Gasteiger partial charge in [-0.2, -0.15) is 4.31 Å². The molecular weight excluding hydrogens is 288 g/mol. The highest BCUT2D eigenvalue weighted by Crippen LogP contribution is 2.26. The molecule has 1 saturated heterocycles. The zero-order chi connectivity index (χ0) is 15.3. The minimum atomic E-state index is -3.37. The maximum atomic E-state index is 12.6. The largest absolute Gasteiger partial charge is 0.497 e. The molecule has 0 radical (unpaired) electrons. The first-order chi connectivity index (χ1) is 10.1. The van der Waals surface area contributed by atoms with Crippen LogP contribution in [0.2, 0.25) is 0 Å². The van der Waals surface area contributed by atoms with Crippen LogP contribution < -0.4 is 10.1 Å². The number of rotatable bonds is 6. The molecule has 1 heterocycles. The number of nitrogens with zero attached hydrogens (tertiary/aromatic N) is 1. The third-order valence-electron chi connectivity index (χ3n) is 4.07. The Hall–Kier alpha value is -1.11. The monoisotopic (exact) mass is 312 g/mol. The molecule has 6 heteroatoms. The van der Waals surface area contributed by atoms with E-state index in [-0.39, 0.29) is 0 Å². The second-order valence-electron chi connectivity index (χ2n) is 5.42. The molecule has 2 rings (SSSR count). The highest BCUT2D eigenvalue weighted by Gasteiger charge is 2.29. The van der Waals surface area contributed by atoms with Gasteiger partial charge in [-0.05, 0) is 63.0 Å². The average Bonchev–Trinajstić information content (AvgIpc) is 2.53. The van der Waals surface area contributed by atoms with Gasteiger partial charge in [-0.1, -0.05) is 0 Å². The number of hydrogen-bond acceptors (Lipinski definition) is 4. The maximum Gasteiger partial charge on any atom is 0.243 e. The summed E-state index contributed by atoms with van der Waals surface area (Å²) in [4.78, 5) is 0.344. The summed E-state index contributed by atoms with van der Waals surface area (Å²) < 4.78 is 31.8. The standard InChI is InChI=1S/C15H24N2O3S/c1-16-10-7-13-8-11-17(12-9-13)21(18,19)15-5-3-14(20-2)4-6-15/h3-6,13,16H,7-12H2,1-2H3. The molecule has 0 spiro atoms. The van der Waals surface area contributed by atoms with Gasteiger partial charge in [0, 0.05) is 13.1 Å². The van der Waals surface area contributed by atoms with Crippen LogP contribution in [0.25, 0.3) is 0 Å². The fourth-order valence-corrected chi connectivity index (χ4v) is 4.15. The van der Waals surface area contributed by atoms with Crippen molar-refractivity contribution in [2.45, 2.75) is 24.2 Å². The Morgan fingerprint density at radius 3 is 2.38 bits per heavy atom. The summed E-state index contributed by atoms with van der Waals surface area (Å²) >= 11 is 0. The molecule has 1 aromatic rings. The SMILES string of the molecule is CNCCC1CCN(S(=O)(=O)c2ccc(OC)cc2)CC1.